The summed E-state index contributed by atoms with van der Waals surface area (Å²) < 4.78 is 5.86. The molecule has 21 heavy (non-hydrogen) atoms. The van der Waals surface area contributed by atoms with Crippen LogP contribution < -0.4 is 16.2 Å². The fraction of sp³-hybridized carbons (Fsp3) is 0.294. The van der Waals surface area contributed by atoms with Gasteiger partial charge in [-0.2, -0.15) is 0 Å². The average Bonchev–Trinajstić information content (AvgIpc) is 2.52. The number of hydrogen-bond donors (Lipinski definition) is 3. The molecule has 0 aliphatic carbocycles. The quantitative estimate of drug-likeness (QED) is 0.720. The first kappa shape index (κ1) is 15.2. The van der Waals surface area contributed by atoms with Gasteiger partial charge in [0.1, 0.15) is 12.4 Å². The van der Waals surface area contributed by atoms with Crippen molar-refractivity contribution in [3.05, 3.63) is 72.3 Å². The fourth-order valence-electron chi connectivity index (χ4n) is 2.07. The highest BCUT2D eigenvalue weighted by Gasteiger charge is 2.23. The second-order valence-electron chi connectivity index (χ2n) is 4.98. The topological polar surface area (TPSA) is 45.3 Å². The Kier molecular flexibility index (Phi) is 5.46. The third-order valence-electron chi connectivity index (χ3n) is 3.28. The molecule has 1 unspecified atom stereocenters. The van der Waals surface area contributed by atoms with Gasteiger partial charge in [0, 0.05) is 17.8 Å². The van der Waals surface area contributed by atoms with Gasteiger partial charge in [0.25, 0.3) is 0 Å². The molecule has 0 radical (unpaired) electrons. The Bertz CT molecular complexity index is 522. The third kappa shape index (κ3) is 4.13. The van der Waals surface area contributed by atoms with Crippen molar-refractivity contribution in [3.8, 4) is 0 Å². The van der Waals surface area contributed by atoms with E-state index in [0.29, 0.717) is 6.61 Å². The number of rotatable bonds is 7. The summed E-state index contributed by atoms with van der Waals surface area (Å²) in [5, 5.41) is 3.29. The van der Waals surface area contributed by atoms with Crippen molar-refractivity contribution in [3.63, 3.8) is 0 Å². The molecule has 4 nitrogen and oxygen atoms in total. The van der Waals surface area contributed by atoms with Crippen LogP contribution in [0.2, 0.25) is 0 Å². The van der Waals surface area contributed by atoms with E-state index in [1.54, 1.807) is 6.20 Å². The van der Waals surface area contributed by atoms with Crippen molar-refractivity contribution in [2.24, 2.45) is 0 Å². The molecule has 0 bridgehead atoms. The van der Waals surface area contributed by atoms with Crippen LogP contribution in [-0.4, -0.2) is 12.6 Å². The zero-order valence-corrected chi connectivity index (χ0v) is 12.5. The van der Waals surface area contributed by atoms with Gasteiger partial charge >= 0.3 is 0 Å². The van der Waals surface area contributed by atoms with Crippen LogP contribution >= 0.6 is 0 Å². The van der Waals surface area contributed by atoms with Crippen LogP contribution in [0.15, 0.2) is 66.7 Å². The first-order chi connectivity index (χ1) is 10.2. The molecule has 4 heteroatoms. The second-order valence-corrected chi connectivity index (χ2v) is 4.98. The highest BCUT2D eigenvalue weighted by molar-refractivity contribution is 5.36. The lowest BCUT2D eigenvalue weighted by molar-refractivity contribution is 0.195. The summed E-state index contributed by atoms with van der Waals surface area (Å²) in [6.45, 7) is 11.7. The lowest BCUT2D eigenvalue weighted by atomic mass is 10.0. The summed E-state index contributed by atoms with van der Waals surface area (Å²) in [7, 11) is 0. The SMILES string of the molecule is C=C(NCCC)C1NNC=C(OCc2ccccc2)C1=C. The molecular formula is C17H23N3O. The van der Waals surface area contributed by atoms with Crippen molar-refractivity contribution in [2.45, 2.75) is 26.0 Å². The lowest BCUT2D eigenvalue weighted by Gasteiger charge is -2.29. The van der Waals surface area contributed by atoms with Crippen molar-refractivity contribution in [2.75, 3.05) is 6.54 Å². The van der Waals surface area contributed by atoms with Crippen LogP contribution in [0.5, 0.6) is 0 Å². The third-order valence-corrected chi connectivity index (χ3v) is 3.28. The summed E-state index contributed by atoms with van der Waals surface area (Å²) in [4.78, 5) is 0. The van der Waals surface area contributed by atoms with Crippen molar-refractivity contribution < 1.29 is 4.74 Å². The molecule has 1 aromatic rings. The Morgan fingerprint density at radius 2 is 2.10 bits per heavy atom. The van der Waals surface area contributed by atoms with E-state index < -0.39 is 0 Å². The van der Waals surface area contributed by atoms with Gasteiger partial charge in [0.05, 0.1) is 12.2 Å². The van der Waals surface area contributed by atoms with Gasteiger partial charge < -0.3 is 15.5 Å². The molecule has 3 N–H and O–H groups in total. The first-order valence-corrected chi connectivity index (χ1v) is 7.22. The van der Waals surface area contributed by atoms with Gasteiger partial charge in [-0.3, -0.25) is 0 Å². The smallest absolute Gasteiger partial charge is 0.141 e. The summed E-state index contributed by atoms with van der Waals surface area (Å²) in [6.07, 6.45) is 2.84. The van der Waals surface area contributed by atoms with E-state index in [2.05, 4.69) is 36.2 Å². The molecule has 0 aromatic heterocycles. The molecule has 0 saturated carbocycles. The predicted molar refractivity (Wildman–Crippen MR) is 85.9 cm³/mol. The molecule has 1 aliphatic heterocycles. The molecule has 112 valence electrons. The van der Waals surface area contributed by atoms with Crippen LogP contribution in [0.4, 0.5) is 0 Å². The largest absolute Gasteiger partial charge is 0.487 e. The van der Waals surface area contributed by atoms with E-state index >= 15 is 0 Å². The van der Waals surface area contributed by atoms with Crippen LogP contribution in [0.25, 0.3) is 0 Å². The Morgan fingerprint density at radius 1 is 1.33 bits per heavy atom. The summed E-state index contributed by atoms with van der Waals surface area (Å²) in [6, 6.07) is 10.00. The van der Waals surface area contributed by atoms with Gasteiger partial charge in [-0.1, -0.05) is 50.4 Å². The van der Waals surface area contributed by atoms with Crippen molar-refractivity contribution >= 4 is 0 Å². The molecule has 0 spiro atoms. The summed E-state index contributed by atoms with van der Waals surface area (Å²) in [5.41, 5.74) is 9.04. The molecule has 1 atom stereocenters. The fourth-order valence-corrected chi connectivity index (χ4v) is 2.07. The Hall–Kier alpha value is -2.20. The predicted octanol–water partition coefficient (Wildman–Crippen LogP) is 2.59. The van der Waals surface area contributed by atoms with Crippen molar-refractivity contribution in [1.82, 2.24) is 16.2 Å². The first-order valence-electron chi connectivity index (χ1n) is 7.22. The van der Waals surface area contributed by atoms with Crippen LogP contribution in [0, 0.1) is 0 Å². The minimum absolute atomic E-state index is 0.0766. The van der Waals surface area contributed by atoms with Gasteiger partial charge in [0.2, 0.25) is 0 Å². The maximum Gasteiger partial charge on any atom is 0.141 e. The minimum atomic E-state index is -0.0766. The van der Waals surface area contributed by atoms with E-state index in [9.17, 15) is 0 Å². The monoisotopic (exact) mass is 285 g/mol. The van der Waals surface area contributed by atoms with E-state index in [1.807, 2.05) is 30.3 Å². The molecule has 1 aliphatic rings. The summed E-state index contributed by atoms with van der Waals surface area (Å²) >= 11 is 0. The van der Waals surface area contributed by atoms with Crippen LogP contribution in [0.1, 0.15) is 18.9 Å². The maximum atomic E-state index is 5.86. The highest BCUT2D eigenvalue weighted by Crippen LogP contribution is 2.20. The average molecular weight is 285 g/mol. The maximum absolute atomic E-state index is 5.86. The second kappa shape index (κ2) is 7.55. The zero-order chi connectivity index (χ0) is 15.1. The number of ether oxygens (including phenoxy) is 1. The lowest BCUT2D eigenvalue weighted by Crippen LogP contribution is -2.47. The van der Waals surface area contributed by atoms with Gasteiger partial charge in [-0.05, 0) is 12.0 Å². The van der Waals surface area contributed by atoms with E-state index in [4.69, 9.17) is 4.74 Å². The number of nitrogens with one attached hydrogen (secondary N) is 3. The number of hydrogen-bond acceptors (Lipinski definition) is 4. The molecule has 2 rings (SSSR count). The number of hydrazine groups is 1. The summed E-state index contributed by atoms with van der Waals surface area (Å²) in [5.74, 6) is 0.752. The Morgan fingerprint density at radius 3 is 2.81 bits per heavy atom. The van der Waals surface area contributed by atoms with Crippen molar-refractivity contribution in [1.29, 1.82) is 0 Å². The normalized spacial score (nSPS) is 17.7. The molecule has 0 saturated heterocycles. The molecule has 0 fully saturated rings. The zero-order valence-electron chi connectivity index (χ0n) is 12.5. The molecule has 1 heterocycles. The molecule has 1 aromatic carbocycles. The Labute approximate surface area is 126 Å². The van der Waals surface area contributed by atoms with E-state index in [-0.39, 0.29) is 6.04 Å². The van der Waals surface area contributed by atoms with Gasteiger partial charge in [0.15, 0.2) is 0 Å². The highest BCUT2D eigenvalue weighted by atomic mass is 16.5. The van der Waals surface area contributed by atoms with Crippen LogP contribution in [0.3, 0.4) is 0 Å². The van der Waals surface area contributed by atoms with Gasteiger partial charge in [-0.25, -0.2) is 5.43 Å². The molecule has 0 amide bonds. The molecular weight excluding hydrogens is 262 g/mol. The number of benzene rings is 1. The minimum Gasteiger partial charge on any atom is -0.487 e. The van der Waals surface area contributed by atoms with Crippen LogP contribution in [-0.2, 0) is 11.3 Å². The van der Waals surface area contributed by atoms with E-state index in [0.717, 1.165) is 35.6 Å². The van der Waals surface area contributed by atoms with Gasteiger partial charge in [-0.15, -0.1) is 0 Å². The standard InChI is InChI=1S/C17H23N3O/c1-4-10-18-14(3)17-13(2)16(11-19-20-17)21-12-15-8-6-5-7-9-15/h5-9,11,17-20H,2-4,10,12H2,1H3. The van der Waals surface area contributed by atoms with E-state index in [1.165, 1.54) is 0 Å². The Balaban J connectivity index is 1.93.